The Hall–Kier alpha value is -1.77. The highest BCUT2D eigenvalue weighted by molar-refractivity contribution is 5.45. The van der Waals surface area contributed by atoms with E-state index in [9.17, 15) is 0 Å². The molecule has 0 spiro atoms. The summed E-state index contributed by atoms with van der Waals surface area (Å²) in [6, 6.07) is 1.56. The van der Waals surface area contributed by atoms with E-state index >= 15 is 0 Å². The molecule has 108 valence electrons. The molecular formula is C12H18N6O2. The maximum Gasteiger partial charge on any atom is 0.276 e. The third-order valence-electron chi connectivity index (χ3n) is 3.37. The van der Waals surface area contributed by atoms with Gasteiger partial charge in [-0.2, -0.15) is 10.1 Å². The van der Waals surface area contributed by atoms with Crippen LogP contribution in [-0.4, -0.2) is 57.7 Å². The largest absolute Gasteiger partial charge is 0.379 e. The molecule has 2 aromatic heterocycles. The van der Waals surface area contributed by atoms with E-state index in [0.29, 0.717) is 18.3 Å². The van der Waals surface area contributed by atoms with Crippen molar-refractivity contribution < 1.29 is 9.26 Å². The van der Waals surface area contributed by atoms with Crippen LogP contribution in [0.3, 0.4) is 0 Å². The van der Waals surface area contributed by atoms with Gasteiger partial charge in [-0.05, 0) is 6.07 Å². The number of aryl methyl sites for hydroxylation is 1. The molecule has 8 heteroatoms. The van der Waals surface area contributed by atoms with Crippen LogP contribution < -0.4 is 5.73 Å². The maximum atomic E-state index is 6.14. The fraction of sp³-hybridized carbons (Fsp3) is 0.583. The molecule has 0 radical (unpaired) electrons. The van der Waals surface area contributed by atoms with E-state index in [2.05, 4.69) is 20.1 Å². The zero-order valence-electron chi connectivity index (χ0n) is 11.4. The number of morpholine rings is 1. The van der Waals surface area contributed by atoms with Crippen molar-refractivity contribution in [3.8, 4) is 11.6 Å². The summed E-state index contributed by atoms with van der Waals surface area (Å²) in [5.41, 5.74) is 6.92. The maximum absolute atomic E-state index is 6.14. The standard InChI is InChI=1S/C12H18N6O2/c1-17-10(2-3-14-17)12-15-11(16-20-12)9(13)8-18-4-6-19-7-5-18/h2-3,9H,4-8,13H2,1H3. The monoisotopic (exact) mass is 278 g/mol. The van der Waals surface area contributed by atoms with Gasteiger partial charge < -0.3 is 15.0 Å². The van der Waals surface area contributed by atoms with Crippen LogP contribution >= 0.6 is 0 Å². The van der Waals surface area contributed by atoms with Gasteiger partial charge in [0, 0.05) is 32.9 Å². The predicted octanol–water partition coefficient (Wildman–Crippen LogP) is -0.198. The summed E-state index contributed by atoms with van der Waals surface area (Å²) in [5.74, 6) is 0.963. The van der Waals surface area contributed by atoms with Crippen LogP contribution in [0.15, 0.2) is 16.8 Å². The first-order valence-corrected chi connectivity index (χ1v) is 6.61. The smallest absolute Gasteiger partial charge is 0.276 e. The Bertz CT molecular complexity index is 560. The van der Waals surface area contributed by atoms with Gasteiger partial charge >= 0.3 is 0 Å². The Morgan fingerprint density at radius 3 is 2.90 bits per heavy atom. The minimum Gasteiger partial charge on any atom is -0.379 e. The van der Waals surface area contributed by atoms with Gasteiger partial charge in [-0.15, -0.1) is 0 Å². The molecule has 0 amide bonds. The lowest BCUT2D eigenvalue weighted by molar-refractivity contribution is 0.0348. The quantitative estimate of drug-likeness (QED) is 0.827. The second kappa shape index (κ2) is 5.70. The van der Waals surface area contributed by atoms with E-state index in [4.69, 9.17) is 15.0 Å². The van der Waals surface area contributed by atoms with Gasteiger partial charge in [0.2, 0.25) is 0 Å². The van der Waals surface area contributed by atoms with E-state index in [1.807, 2.05) is 13.1 Å². The first kappa shape index (κ1) is 13.2. The number of hydrogen-bond donors (Lipinski definition) is 1. The van der Waals surface area contributed by atoms with Crippen molar-refractivity contribution in [1.82, 2.24) is 24.8 Å². The minimum absolute atomic E-state index is 0.265. The second-order valence-electron chi connectivity index (χ2n) is 4.82. The molecule has 1 aliphatic rings. The summed E-state index contributed by atoms with van der Waals surface area (Å²) in [4.78, 5) is 6.60. The minimum atomic E-state index is -0.265. The van der Waals surface area contributed by atoms with Crippen molar-refractivity contribution in [2.45, 2.75) is 6.04 Å². The molecule has 20 heavy (non-hydrogen) atoms. The lowest BCUT2D eigenvalue weighted by atomic mass is 10.2. The highest BCUT2D eigenvalue weighted by Gasteiger charge is 2.20. The number of nitrogens with zero attached hydrogens (tertiary/aromatic N) is 5. The Morgan fingerprint density at radius 2 is 2.20 bits per heavy atom. The molecule has 1 fully saturated rings. The molecule has 1 unspecified atom stereocenters. The highest BCUT2D eigenvalue weighted by Crippen LogP contribution is 2.18. The van der Waals surface area contributed by atoms with Crippen molar-refractivity contribution in [3.05, 3.63) is 18.1 Å². The number of ether oxygens (including phenoxy) is 1. The van der Waals surface area contributed by atoms with E-state index in [1.165, 1.54) is 0 Å². The Morgan fingerprint density at radius 1 is 1.40 bits per heavy atom. The average Bonchev–Trinajstić information content (AvgIpc) is 3.08. The van der Waals surface area contributed by atoms with Crippen LogP contribution in [0.25, 0.3) is 11.6 Å². The third kappa shape index (κ3) is 2.72. The summed E-state index contributed by atoms with van der Waals surface area (Å²) in [7, 11) is 1.83. The molecule has 2 N–H and O–H groups in total. The molecule has 1 atom stereocenters. The van der Waals surface area contributed by atoms with Crippen LogP contribution in [0.1, 0.15) is 11.9 Å². The molecule has 0 aromatic carbocycles. The fourth-order valence-corrected chi connectivity index (χ4v) is 2.22. The van der Waals surface area contributed by atoms with Gasteiger partial charge in [0.05, 0.1) is 19.3 Å². The van der Waals surface area contributed by atoms with Gasteiger partial charge in [-0.3, -0.25) is 9.58 Å². The summed E-state index contributed by atoms with van der Waals surface area (Å²) in [6.45, 7) is 3.98. The summed E-state index contributed by atoms with van der Waals surface area (Å²) in [5, 5.41) is 8.04. The summed E-state index contributed by atoms with van der Waals surface area (Å²) >= 11 is 0. The topological polar surface area (TPSA) is 95.2 Å². The molecule has 0 bridgehead atoms. The van der Waals surface area contributed by atoms with Crippen molar-refractivity contribution >= 4 is 0 Å². The SMILES string of the molecule is Cn1nccc1-c1nc(C(N)CN2CCOCC2)no1. The van der Waals surface area contributed by atoms with Crippen molar-refractivity contribution in [2.24, 2.45) is 12.8 Å². The third-order valence-corrected chi connectivity index (χ3v) is 3.37. The second-order valence-corrected chi connectivity index (χ2v) is 4.82. The van der Waals surface area contributed by atoms with E-state index in [-0.39, 0.29) is 6.04 Å². The number of nitrogens with two attached hydrogens (primary N) is 1. The van der Waals surface area contributed by atoms with E-state index in [1.54, 1.807) is 10.9 Å². The molecular weight excluding hydrogens is 260 g/mol. The Balaban J connectivity index is 1.68. The molecule has 2 aromatic rings. The van der Waals surface area contributed by atoms with Crippen molar-refractivity contribution in [2.75, 3.05) is 32.8 Å². The Labute approximate surface area is 116 Å². The average molecular weight is 278 g/mol. The molecule has 3 rings (SSSR count). The number of hydrogen-bond acceptors (Lipinski definition) is 7. The zero-order chi connectivity index (χ0) is 13.9. The molecule has 1 aliphatic heterocycles. The van der Waals surface area contributed by atoms with Gasteiger partial charge in [0.25, 0.3) is 5.89 Å². The van der Waals surface area contributed by atoms with Crippen molar-refractivity contribution in [1.29, 1.82) is 0 Å². The molecule has 3 heterocycles. The molecule has 8 nitrogen and oxygen atoms in total. The Kier molecular flexibility index (Phi) is 3.77. The molecule has 0 saturated carbocycles. The van der Waals surface area contributed by atoms with Gasteiger partial charge in [-0.1, -0.05) is 5.16 Å². The van der Waals surface area contributed by atoms with Crippen LogP contribution in [0.5, 0.6) is 0 Å². The van der Waals surface area contributed by atoms with Gasteiger partial charge in [0.1, 0.15) is 5.69 Å². The van der Waals surface area contributed by atoms with Gasteiger partial charge in [0.15, 0.2) is 5.82 Å². The lowest BCUT2D eigenvalue weighted by Gasteiger charge is -2.27. The van der Waals surface area contributed by atoms with Crippen LogP contribution in [-0.2, 0) is 11.8 Å². The van der Waals surface area contributed by atoms with Crippen LogP contribution in [0, 0.1) is 0 Å². The number of rotatable bonds is 4. The first-order valence-electron chi connectivity index (χ1n) is 6.61. The van der Waals surface area contributed by atoms with Crippen LogP contribution in [0.4, 0.5) is 0 Å². The molecule has 0 aliphatic carbocycles. The predicted molar refractivity (Wildman–Crippen MR) is 70.7 cm³/mol. The van der Waals surface area contributed by atoms with Gasteiger partial charge in [-0.25, -0.2) is 0 Å². The first-order chi connectivity index (χ1) is 9.74. The summed E-state index contributed by atoms with van der Waals surface area (Å²) < 4.78 is 12.3. The molecule has 1 saturated heterocycles. The highest BCUT2D eigenvalue weighted by atomic mass is 16.5. The summed E-state index contributed by atoms with van der Waals surface area (Å²) in [6.07, 6.45) is 1.69. The van der Waals surface area contributed by atoms with E-state index < -0.39 is 0 Å². The lowest BCUT2D eigenvalue weighted by Crippen LogP contribution is -2.40. The zero-order valence-corrected chi connectivity index (χ0v) is 11.4. The number of aromatic nitrogens is 4. The fourth-order valence-electron chi connectivity index (χ4n) is 2.22. The van der Waals surface area contributed by atoms with Crippen LogP contribution in [0.2, 0.25) is 0 Å². The van der Waals surface area contributed by atoms with Crippen molar-refractivity contribution in [3.63, 3.8) is 0 Å². The normalized spacial score (nSPS) is 18.3. The van der Waals surface area contributed by atoms with E-state index in [0.717, 1.165) is 32.0 Å².